The van der Waals surface area contributed by atoms with Gasteiger partial charge in [-0.05, 0) is 37.6 Å². The average Bonchev–Trinajstić information content (AvgIpc) is 3.03. The Labute approximate surface area is 155 Å². The maximum Gasteiger partial charge on any atom is 0.374 e. The van der Waals surface area contributed by atoms with Crippen LogP contribution in [0.5, 0.6) is 0 Å². The molecule has 0 radical (unpaired) electrons. The number of esters is 1. The van der Waals surface area contributed by atoms with Crippen LogP contribution in [0.1, 0.15) is 35.5 Å². The van der Waals surface area contributed by atoms with Gasteiger partial charge < -0.3 is 13.9 Å². The summed E-state index contributed by atoms with van der Waals surface area (Å²) in [6, 6.07) is 13.2. The van der Waals surface area contributed by atoms with Crippen LogP contribution in [-0.2, 0) is 22.7 Å². The highest BCUT2D eigenvalue weighted by Crippen LogP contribution is 2.28. The van der Waals surface area contributed by atoms with Gasteiger partial charge in [-0.2, -0.15) is 0 Å². The summed E-state index contributed by atoms with van der Waals surface area (Å²) in [5.74, 6) is -0.495. The number of benzene rings is 2. The highest BCUT2D eigenvalue weighted by Gasteiger charge is 2.22. The van der Waals surface area contributed by atoms with E-state index in [-0.39, 0.29) is 30.8 Å². The van der Waals surface area contributed by atoms with Crippen LogP contribution in [0.15, 0.2) is 52.9 Å². The number of carbonyl (C=O) groups is 1. The first-order valence-electron chi connectivity index (χ1n) is 8.48. The molecule has 0 fully saturated rings. The monoisotopic (exact) mass is 369 g/mol. The van der Waals surface area contributed by atoms with Gasteiger partial charge in [-0.15, -0.1) is 0 Å². The van der Waals surface area contributed by atoms with Gasteiger partial charge >= 0.3 is 5.97 Å². The SMILES string of the molecule is CC(C)OCc1c(C(=O)OCc2ccc([N+](=O)[O-])cc2)oc2ccccc12. The van der Waals surface area contributed by atoms with Crippen molar-refractivity contribution in [1.29, 1.82) is 0 Å². The number of hydrogen-bond acceptors (Lipinski definition) is 6. The molecule has 0 aliphatic carbocycles. The summed E-state index contributed by atoms with van der Waals surface area (Å²) in [6.07, 6.45) is 0.00245. The Balaban J connectivity index is 1.78. The van der Waals surface area contributed by atoms with Crippen molar-refractivity contribution in [2.75, 3.05) is 0 Å². The van der Waals surface area contributed by atoms with Crippen molar-refractivity contribution in [2.24, 2.45) is 0 Å². The van der Waals surface area contributed by atoms with Crippen molar-refractivity contribution < 1.29 is 23.6 Å². The smallest absolute Gasteiger partial charge is 0.374 e. The molecule has 3 rings (SSSR count). The third kappa shape index (κ3) is 4.32. The van der Waals surface area contributed by atoms with Gasteiger partial charge in [0.2, 0.25) is 5.76 Å². The Morgan fingerprint density at radius 3 is 2.48 bits per heavy atom. The van der Waals surface area contributed by atoms with Crippen LogP contribution in [0.25, 0.3) is 11.0 Å². The second-order valence-electron chi connectivity index (χ2n) is 6.27. The van der Waals surface area contributed by atoms with E-state index >= 15 is 0 Å². The van der Waals surface area contributed by atoms with Gasteiger partial charge in [0.1, 0.15) is 12.2 Å². The third-order valence-electron chi connectivity index (χ3n) is 3.96. The molecule has 0 bridgehead atoms. The molecule has 3 aromatic rings. The van der Waals surface area contributed by atoms with E-state index in [2.05, 4.69) is 0 Å². The van der Waals surface area contributed by atoms with Crippen molar-refractivity contribution >= 4 is 22.6 Å². The van der Waals surface area contributed by atoms with E-state index in [1.54, 1.807) is 18.2 Å². The minimum atomic E-state index is -0.605. The van der Waals surface area contributed by atoms with Crippen molar-refractivity contribution in [3.8, 4) is 0 Å². The first kappa shape index (κ1) is 18.6. The van der Waals surface area contributed by atoms with Gasteiger partial charge in [-0.1, -0.05) is 18.2 Å². The summed E-state index contributed by atoms with van der Waals surface area (Å²) in [5, 5.41) is 11.5. The van der Waals surface area contributed by atoms with Crippen LogP contribution in [0.2, 0.25) is 0 Å². The molecule has 1 heterocycles. The Bertz CT molecular complexity index is 958. The molecule has 0 spiro atoms. The number of nitrogens with zero attached hydrogens (tertiary/aromatic N) is 1. The summed E-state index contributed by atoms with van der Waals surface area (Å²) < 4.78 is 16.7. The van der Waals surface area contributed by atoms with Gasteiger partial charge in [-0.3, -0.25) is 10.1 Å². The number of non-ortho nitro benzene ring substituents is 1. The molecule has 140 valence electrons. The van der Waals surface area contributed by atoms with Gasteiger partial charge in [0.25, 0.3) is 5.69 Å². The average molecular weight is 369 g/mol. The number of para-hydroxylation sites is 1. The van der Waals surface area contributed by atoms with E-state index in [4.69, 9.17) is 13.9 Å². The lowest BCUT2D eigenvalue weighted by atomic mass is 10.1. The summed E-state index contributed by atoms with van der Waals surface area (Å²) in [4.78, 5) is 22.8. The van der Waals surface area contributed by atoms with Crippen LogP contribution in [0.3, 0.4) is 0 Å². The summed E-state index contributed by atoms with van der Waals surface area (Å²) in [7, 11) is 0. The van der Waals surface area contributed by atoms with Gasteiger partial charge in [0.05, 0.1) is 17.6 Å². The summed E-state index contributed by atoms with van der Waals surface area (Å²) >= 11 is 0. The maximum absolute atomic E-state index is 12.5. The standard InChI is InChI=1S/C20H19NO6/c1-13(2)25-12-17-16-5-3-4-6-18(16)27-19(17)20(22)26-11-14-7-9-15(10-8-14)21(23)24/h3-10,13H,11-12H2,1-2H3. The number of nitro groups is 1. The highest BCUT2D eigenvalue weighted by atomic mass is 16.6. The molecule has 0 amide bonds. The lowest BCUT2D eigenvalue weighted by molar-refractivity contribution is -0.384. The Kier molecular flexibility index (Phi) is 5.52. The van der Waals surface area contributed by atoms with E-state index in [9.17, 15) is 14.9 Å². The molecule has 0 saturated heterocycles. The van der Waals surface area contributed by atoms with E-state index in [1.165, 1.54) is 12.1 Å². The van der Waals surface area contributed by atoms with Crippen LogP contribution >= 0.6 is 0 Å². The molecule has 0 N–H and O–H groups in total. The molecule has 0 aliphatic heterocycles. The van der Waals surface area contributed by atoms with Gasteiger partial charge in [-0.25, -0.2) is 4.79 Å². The van der Waals surface area contributed by atoms with Gasteiger partial charge in [0.15, 0.2) is 0 Å². The Morgan fingerprint density at radius 1 is 1.11 bits per heavy atom. The number of carbonyl (C=O) groups excluding carboxylic acids is 1. The van der Waals surface area contributed by atoms with Crippen LogP contribution < -0.4 is 0 Å². The quantitative estimate of drug-likeness (QED) is 0.343. The number of ether oxygens (including phenoxy) is 2. The molecular weight excluding hydrogens is 350 g/mol. The fraction of sp³-hybridized carbons (Fsp3) is 0.250. The Morgan fingerprint density at radius 2 is 1.81 bits per heavy atom. The number of rotatable bonds is 7. The number of nitro benzene ring substituents is 1. The normalized spacial score (nSPS) is 11.1. The maximum atomic E-state index is 12.5. The van der Waals surface area contributed by atoms with Crippen molar-refractivity contribution in [2.45, 2.75) is 33.2 Å². The highest BCUT2D eigenvalue weighted by molar-refractivity contribution is 5.96. The fourth-order valence-corrected chi connectivity index (χ4v) is 2.59. The molecule has 7 heteroatoms. The first-order valence-corrected chi connectivity index (χ1v) is 8.48. The molecule has 2 aromatic carbocycles. The fourth-order valence-electron chi connectivity index (χ4n) is 2.59. The van der Waals surface area contributed by atoms with Crippen molar-refractivity contribution in [3.05, 3.63) is 75.5 Å². The zero-order valence-electron chi connectivity index (χ0n) is 15.0. The summed E-state index contributed by atoms with van der Waals surface area (Å²) in [5.41, 5.74) is 1.86. The summed E-state index contributed by atoms with van der Waals surface area (Å²) in [6.45, 7) is 4.04. The van der Waals surface area contributed by atoms with Gasteiger partial charge in [0, 0.05) is 23.1 Å². The van der Waals surface area contributed by atoms with Crippen LogP contribution in [0, 0.1) is 10.1 Å². The van der Waals surface area contributed by atoms with Crippen LogP contribution in [0.4, 0.5) is 5.69 Å². The number of furan rings is 1. The number of fused-ring (bicyclic) bond motifs is 1. The van der Waals surface area contributed by atoms with E-state index in [0.717, 1.165) is 5.39 Å². The molecule has 1 aromatic heterocycles. The molecule has 7 nitrogen and oxygen atoms in total. The second-order valence-corrected chi connectivity index (χ2v) is 6.27. The predicted molar refractivity (Wildman–Crippen MR) is 98.4 cm³/mol. The molecule has 0 unspecified atom stereocenters. The predicted octanol–water partition coefficient (Wildman–Crippen LogP) is 4.62. The Hall–Kier alpha value is -3.19. The lowest BCUT2D eigenvalue weighted by Gasteiger charge is -2.08. The van der Waals surface area contributed by atoms with E-state index < -0.39 is 10.9 Å². The van der Waals surface area contributed by atoms with Crippen molar-refractivity contribution in [1.82, 2.24) is 0 Å². The zero-order chi connectivity index (χ0) is 19.4. The third-order valence-corrected chi connectivity index (χ3v) is 3.96. The van der Waals surface area contributed by atoms with Crippen LogP contribution in [-0.4, -0.2) is 17.0 Å². The molecule has 0 atom stereocenters. The lowest BCUT2D eigenvalue weighted by Crippen LogP contribution is -2.09. The van der Waals surface area contributed by atoms with Crippen molar-refractivity contribution in [3.63, 3.8) is 0 Å². The minimum Gasteiger partial charge on any atom is -0.455 e. The van der Waals surface area contributed by atoms with E-state index in [1.807, 2.05) is 32.0 Å². The first-order chi connectivity index (χ1) is 13.0. The molecular formula is C20H19NO6. The molecule has 0 saturated carbocycles. The second kappa shape index (κ2) is 8.01. The zero-order valence-corrected chi connectivity index (χ0v) is 15.0. The number of hydrogen-bond donors (Lipinski definition) is 0. The topological polar surface area (TPSA) is 91.8 Å². The van der Waals surface area contributed by atoms with E-state index in [0.29, 0.717) is 16.7 Å². The molecule has 27 heavy (non-hydrogen) atoms. The molecule has 0 aliphatic rings. The minimum absolute atomic E-state index is 0.00245. The largest absolute Gasteiger partial charge is 0.455 e.